The molecule has 0 aromatic heterocycles. The van der Waals surface area contributed by atoms with Crippen LogP contribution in [-0.4, -0.2) is 52.8 Å². The highest BCUT2D eigenvalue weighted by atomic mass is 35.5. The standard InChI is InChI=1S/C21H28ClN3O5/c1-12(19(28)25-10-6-7-17(25)20(29)30-21(3,4)5)23-18(27)14-8-9-16(15(22)11-14)24-13(2)26/h8-9,11-12,17H,6-7,10H2,1-5H3,(H,23,27)(H,24,26). The summed E-state index contributed by atoms with van der Waals surface area (Å²) in [7, 11) is 0. The second kappa shape index (κ2) is 9.47. The number of hydrogen-bond donors (Lipinski definition) is 2. The molecule has 0 saturated carbocycles. The fourth-order valence-electron chi connectivity index (χ4n) is 3.18. The zero-order valence-corrected chi connectivity index (χ0v) is 18.6. The molecule has 1 aliphatic rings. The Balaban J connectivity index is 2.04. The first kappa shape index (κ1) is 23.7. The zero-order chi connectivity index (χ0) is 22.6. The number of halogens is 1. The second-order valence-corrected chi connectivity index (χ2v) is 8.70. The fourth-order valence-corrected chi connectivity index (χ4v) is 3.41. The predicted molar refractivity (Wildman–Crippen MR) is 113 cm³/mol. The van der Waals surface area contributed by atoms with Gasteiger partial charge in [-0.05, 0) is 58.7 Å². The number of hydrogen-bond acceptors (Lipinski definition) is 5. The molecule has 1 heterocycles. The molecule has 2 unspecified atom stereocenters. The fraction of sp³-hybridized carbons (Fsp3) is 0.524. The Kier molecular flexibility index (Phi) is 7.47. The van der Waals surface area contributed by atoms with Gasteiger partial charge in [-0.2, -0.15) is 0 Å². The van der Waals surface area contributed by atoms with E-state index in [1.54, 1.807) is 27.7 Å². The number of anilines is 1. The van der Waals surface area contributed by atoms with Crippen molar-refractivity contribution < 1.29 is 23.9 Å². The third-order valence-corrected chi connectivity index (χ3v) is 4.79. The van der Waals surface area contributed by atoms with E-state index in [4.69, 9.17) is 16.3 Å². The van der Waals surface area contributed by atoms with Crippen molar-refractivity contribution in [3.8, 4) is 0 Å². The smallest absolute Gasteiger partial charge is 0.329 e. The van der Waals surface area contributed by atoms with Crippen LogP contribution < -0.4 is 10.6 Å². The van der Waals surface area contributed by atoms with Gasteiger partial charge in [0.1, 0.15) is 17.7 Å². The zero-order valence-electron chi connectivity index (χ0n) is 17.9. The summed E-state index contributed by atoms with van der Waals surface area (Å²) in [6.45, 7) is 8.68. The van der Waals surface area contributed by atoms with Crippen molar-refractivity contribution in [1.82, 2.24) is 10.2 Å². The van der Waals surface area contributed by atoms with Crippen LogP contribution in [0.25, 0.3) is 0 Å². The first-order chi connectivity index (χ1) is 13.9. The van der Waals surface area contributed by atoms with E-state index in [9.17, 15) is 19.2 Å². The minimum atomic E-state index is -0.839. The average Bonchev–Trinajstić information content (AvgIpc) is 3.10. The molecule has 1 aromatic carbocycles. The minimum Gasteiger partial charge on any atom is -0.458 e. The van der Waals surface area contributed by atoms with Gasteiger partial charge in [0.15, 0.2) is 0 Å². The second-order valence-electron chi connectivity index (χ2n) is 8.29. The maximum atomic E-state index is 12.9. The van der Waals surface area contributed by atoms with Crippen molar-refractivity contribution in [2.45, 2.75) is 65.1 Å². The van der Waals surface area contributed by atoms with Gasteiger partial charge < -0.3 is 20.3 Å². The van der Waals surface area contributed by atoms with Crippen LogP contribution in [0.15, 0.2) is 18.2 Å². The number of benzene rings is 1. The van der Waals surface area contributed by atoms with Crippen molar-refractivity contribution in [2.24, 2.45) is 0 Å². The molecule has 0 radical (unpaired) electrons. The molecule has 2 atom stereocenters. The van der Waals surface area contributed by atoms with Crippen LogP contribution in [0.2, 0.25) is 5.02 Å². The third-order valence-electron chi connectivity index (χ3n) is 4.47. The van der Waals surface area contributed by atoms with Crippen LogP contribution >= 0.6 is 11.6 Å². The van der Waals surface area contributed by atoms with Gasteiger partial charge in [-0.15, -0.1) is 0 Å². The third kappa shape index (κ3) is 6.19. The lowest BCUT2D eigenvalue weighted by atomic mass is 10.1. The number of esters is 1. The van der Waals surface area contributed by atoms with Gasteiger partial charge in [-0.25, -0.2) is 4.79 Å². The van der Waals surface area contributed by atoms with E-state index in [1.165, 1.54) is 30.0 Å². The Morgan fingerprint density at radius 3 is 2.47 bits per heavy atom. The molecule has 1 fully saturated rings. The molecule has 0 spiro atoms. The van der Waals surface area contributed by atoms with Crippen LogP contribution in [0.3, 0.4) is 0 Å². The largest absolute Gasteiger partial charge is 0.458 e. The lowest BCUT2D eigenvalue weighted by Crippen LogP contribution is -2.51. The SMILES string of the molecule is CC(=O)Nc1ccc(C(=O)NC(C)C(=O)N2CCCC2C(=O)OC(C)(C)C)cc1Cl. The maximum absolute atomic E-state index is 12.9. The number of carbonyl (C=O) groups is 4. The molecule has 9 heteroatoms. The number of rotatable bonds is 5. The summed E-state index contributed by atoms with van der Waals surface area (Å²) in [5.41, 5.74) is -0.00217. The number of nitrogens with zero attached hydrogens (tertiary/aromatic N) is 1. The molecule has 164 valence electrons. The highest BCUT2D eigenvalue weighted by Gasteiger charge is 2.38. The Morgan fingerprint density at radius 2 is 1.90 bits per heavy atom. The van der Waals surface area contributed by atoms with E-state index >= 15 is 0 Å². The summed E-state index contributed by atoms with van der Waals surface area (Å²) < 4.78 is 5.42. The number of ether oxygens (including phenoxy) is 1. The minimum absolute atomic E-state index is 0.210. The molecule has 8 nitrogen and oxygen atoms in total. The van der Waals surface area contributed by atoms with E-state index in [-0.39, 0.29) is 22.4 Å². The first-order valence-electron chi connectivity index (χ1n) is 9.80. The van der Waals surface area contributed by atoms with Crippen molar-refractivity contribution in [3.05, 3.63) is 28.8 Å². The summed E-state index contributed by atoms with van der Waals surface area (Å²) in [6.07, 6.45) is 1.22. The summed E-state index contributed by atoms with van der Waals surface area (Å²) in [5.74, 6) is -1.55. The topological polar surface area (TPSA) is 105 Å². The average molecular weight is 438 g/mol. The lowest BCUT2D eigenvalue weighted by Gasteiger charge is -2.29. The molecule has 1 saturated heterocycles. The summed E-state index contributed by atoms with van der Waals surface area (Å²) in [5, 5.41) is 5.41. The van der Waals surface area contributed by atoms with Gasteiger partial charge in [0.05, 0.1) is 10.7 Å². The molecule has 1 aromatic rings. The quantitative estimate of drug-likeness (QED) is 0.689. The van der Waals surface area contributed by atoms with Crippen LogP contribution in [0.5, 0.6) is 0 Å². The van der Waals surface area contributed by atoms with Gasteiger partial charge in [0.25, 0.3) is 5.91 Å². The molecule has 0 aliphatic carbocycles. The molecule has 30 heavy (non-hydrogen) atoms. The van der Waals surface area contributed by atoms with E-state index < -0.39 is 29.6 Å². The Hall–Kier alpha value is -2.61. The molecular weight excluding hydrogens is 410 g/mol. The van der Waals surface area contributed by atoms with E-state index in [0.717, 1.165) is 0 Å². The molecule has 2 N–H and O–H groups in total. The van der Waals surface area contributed by atoms with E-state index in [0.29, 0.717) is 25.1 Å². The monoisotopic (exact) mass is 437 g/mol. The summed E-state index contributed by atoms with van der Waals surface area (Å²) >= 11 is 6.11. The van der Waals surface area contributed by atoms with Crippen LogP contribution in [0.4, 0.5) is 5.69 Å². The van der Waals surface area contributed by atoms with Crippen LogP contribution in [-0.2, 0) is 19.1 Å². The van der Waals surface area contributed by atoms with Crippen LogP contribution in [0, 0.1) is 0 Å². The molecule has 1 aliphatic heterocycles. The normalized spacial score (nSPS) is 17.3. The Bertz CT molecular complexity index is 850. The van der Waals surface area contributed by atoms with Gasteiger partial charge >= 0.3 is 5.97 Å². The lowest BCUT2D eigenvalue weighted by molar-refractivity contribution is -0.163. The van der Waals surface area contributed by atoms with Crippen LogP contribution in [0.1, 0.15) is 57.8 Å². The van der Waals surface area contributed by atoms with Crippen molar-refractivity contribution in [1.29, 1.82) is 0 Å². The van der Waals surface area contributed by atoms with Gasteiger partial charge in [-0.1, -0.05) is 11.6 Å². The van der Waals surface area contributed by atoms with Crippen molar-refractivity contribution >= 4 is 41.0 Å². The summed E-state index contributed by atoms with van der Waals surface area (Å²) in [6, 6.07) is 2.95. The Morgan fingerprint density at radius 1 is 1.23 bits per heavy atom. The maximum Gasteiger partial charge on any atom is 0.329 e. The molecular formula is C21H28ClN3O5. The van der Waals surface area contributed by atoms with E-state index in [1.807, 2.05) is 0 Å². The highest BCUT2D eigenvalue weighted by molar-refractivity contribution is 6.34. The number of nitrogens with one attached hydrogen (secondary N) is 2. The van der Waals surface area contributed by atoms with Crippen molar-refractivity contribution in [2.75, 3.05) is 11.9 Å². The van der Waals surface area contributed by atoms with E-state index in [2.05, 4.69) is 10.6 Å². The molecule has 2 rings (SSSR count). The van der Waals surface area contributed by atoms with Gasteiger partial charge in [0, 0.05) is 19.0 Å². The van der Waals surface area contributed by atoms with Gasteiger partial charge in [0.2, 0.25) is 11.8 Å². The highest BCUT2D eigenvalue weighted by Crippen LogP contribution is 2.24. The number of likely N-dealkylation sites (tertiary alicyclic amines) is 1. The Labute approximate surface area is 181 Å². The predicted octanol–water partition coefficient (Wildman–Crippen LogP) is 2.75. The number of carbonyl (C=O) groups excluding carboxylic acids is 4. The first-order valence-corrected chi connectivity index (χ1v) is 10.2. The molecule has 3 amide bonds. The number of amides is 3. The summed E-state index contributed by atoms with van der Waals surface area (Å²) in [4.78, 5) is 50.5. The van der Waals surface area contributed by atoms with Crippen molar-refractivity contribution in [3.63, 3.8) is 0 Å². The molecule has 0 bridgehead atoms. The van der Waals surface area contributed by atoms with Gasteiger partial charge in [-0.3, -0.25) is 14.4 Å².